The molecule has 0 radical (unpaired) electrons. The predicted octanol–water partition coefficient (Wildman–Crippen LogP) is 1.62. The van der Waals surface area contributed by atoms with E-state index in [0.29, 0.717) is 18.1 Å². The molecule has 1 atom stereocenters. The van der Waals surface area contributed by atoms with Gasteiger partial charge in [-0.1, -0.05) is 30.3 Å². The molecule has 0 unspecified atom stereocenters. The number of hydrogen-bond acceptors (Lipinski definition) is 4. The maximum absolute atomic E-state index is 10.7. The highest BCUT2D eigenvalue weighted by atomic mass is 16.5. The number of hydrogen-bond donors (Lipinski definition) is 2. The molecule has 1 aromatic carbocycles. The molecule has 0 amide bonds. The Kier molecular flexibility index (Phi) is 4.68. The number of nitrogens with two attached hydrogens (primary N) is 1. The van der Waals surface area contributed by atoms with Gasteiger partial charge < -0.3 is 15.6 Å². The van der Waals surface area contributed by atoms with Crippen LogP contribution in [0, 0.1) is 0 Å². The SMILES string of the molecule is N[C@@H](Cc1ccc(OCc2ccccc2)cn1)C(=O)O. The second kappa shape index (κ2) is 6.68. The van der Waals surface area contributed by atoms with Crippen LogP contribution < -0.4 is 10.5 Å². The molecule has 0 aliphatic heterocycles. The fourth-order valence-electron chi connectivity index (χ4n) is 1.67. The van der Waals surface area contributed by atoms with Crippen molar-refractivity contribution in [3.8, 4) is 5.75 Å². The Balaban J connectivity index is 1.90. The van der Waals surface area contributed by atoms with E-state index in [1.54, 1.807) is 18.3 Å². The molecular weight excluding hydrogens is 256 g/mol. The van der Waals surface area contributed by atoms with Crippen molar-refractivity contribution >= 4 is 5.97 Å². The van der Waals surface area contributed by atoms with E-state index < -0.39 is 12.0 Å². The summed E-state index contributed by atoms with van der Waals surface area (Å²) >= 11 is 0. The maximum atomic E-state index is 10.7. The third-order valence-electron chi connectivity index (χ3n) is 2.79. The van der Waals surface area contributed by atoms with Crippen molar-refractivity contribution < 1.29 is 14.6 Å². The molecular formula is C15H16N2O3. The first-order chi connectivity index (χ1) is 9.65. The van der Waals surface area contributed by atoms with Crippen molar-refractivity contribution in [3.63, 3.8) is 0 Å². The minimum atomic E-state index is -1.03. The van der Waals surface area contributed by atoms with Crippen molar-refractivity contribution in [3.05, 3.63) is 59.9 Å². The fourth-order valence-corrected chi connectivity index (χ4v) is 1.67. The van der Waals surface area contributed by atoms with Gasteiger partial charge in [-0.2, -0.15) is 0 Å². The fraction of sp³-hybridized carbons (Fsp3) is 0.200. The third kappa shape index (κ3) is 4.07. The van der Waals surface area contributed by atoms with Crippen LogP contribution in [0.1, 0.15) is 11.3 Å². The zero-order valence-corrected chi connectivity index (χ0v) is 10.9. The van der Waals surface area contributed by atoms with Crippen LogP contribution in [0.25, 0.3) is 0 Å². The van der Waals surface area contributed by atoms with Crippen LogP contribution in [-0.4, -0.2) is 22.1 Å². The molecule has 3 N–H and O–H groups in total. The van der Waals surface area contributed by atoms with Gasteiger partial charge in [0.2, 0.25) is 0 Å². The number of aromatic nitrogens is 1. The van der Waals surface area contributed by atoms with E-state index in [-0.39, 0.29) is 6.42 Å². The Hall–Kier alpha value is -2.40. The van der Waals surface area contributed by atoms with Gasteiger partial charge in [-0.15, -0.1) is 0 Å². The highest BCUT2D eigenvalue weighted by molar-refractivity contribution is 5.73. The van der Waals surface area contributed by atoms with Gasteiger partial charge in [-0.05, 0) is 17.7 Å². The van der Waals surface area contributed by atoms with Crippen molar-refractivity contribution in [2.45, 2.75) is 19.1 Å². The van der Waals surface area contributed by atoms with E-state index in [0.717, 1.165) is 5.56 Å². The molecule has 0 aliphatic carbocycles. The summed E-state index contributed by atoms with van der Waals surface area (Å²) in [5, 5.41) is 8.73. The van der Waals surface area contributed by atoms with E-state index in [2.05, 4.69) is 4.98 Å². The van der Waals surface area contributed by atoms with E-state index in [9.17, 15) is 4.79 Å². The summed E-state index contributed by atoms with van der Waals surface area (Å²) < 4.78 is 5.59. The Morgan fingerprint density at radius 2 is 2.00 bits per heavy atom. The average Bonchev–Trinajstić information content (AvgIpc) is 2.47. The lowest BCUT2D eigenvalue weighted by Crippen LogP contribution is -2.32. The van der Waals surface area contributed by atoms with Crippen LogP contribution >= 0.6 is 0 Å². The second-order valence-corrected chi connectivity index (χ2v) is 4.41. The van der Waals surface area contributed by atoms with E-state index in [1.807, 2.05) is 30.3 Å². The molecule has 0 fully saturated rings. The van der Waals surface area contributed by atoms with Gasteiger partial charge in [0.25, 0.3) is 0 Å². The standard InChI is InChI=1S/C15H16N2O3/c16-14(15(18)19)8-12-6-7-13(9-17-12)20-10-11-4-2-1-3-5-11/h1-7,9,14H,8,10,16H2,(H,18,19)/t14-/m0/s1. The Morgan fingerprint density at radius 3 is 2.60 bits per heavy atom. The number of pyridine rings is 1. The number of ether oxygens (including phenoxy) is 1. The second-order valence-electron chi connectivity index (χ2n) is 4.41. The van der Waals surface area contributed by atoms with Crippen LogP contribution in [0.15, 0.2) is 48.7 Å². The predicted molar refractivity (Wildman–Crippen MR) is 74.3 cm³/mol. The van der Waals surface area contributed by atoms with Crippen LogP contribution in [0.5, 0.6) is 5.75 Å². The topological polar surface area (TPSA) is 85.4 Å². The monoisotopic (exact) mass is 272 g/mol. The number of carboxylic acids is 1. The molecule has 2 aromatic rings. The summed E-state index contributed by atoms with van der Waals surface area (Å²) in [6.45, 7) is 0.469. The summed E-state index contributed by atoms with van der Waals surface area (Å²) in [5.41, 5.74) is 7.16. The lowest BCUT2D eigenvalue weighted by molar-refractivity contribution is -0.138. The number of carbonyl (C=O) groups is 1. The summed E-state index contributed by atoms with van der Waals surface area (Å²) in [4.78, 5) is 14.8. The molecule has 104 valence electrons. The Morgan fingerprint density at radius 1 is 1.25 bits per heavy atom. The number of carboxylic acid groups (broad SMARTS) is 1. The number of aliphatic carboxylic acids is 1. The number of benzene rings is 1. The number of rotatable bonds is 6. The van der Waals surface area contributed by atoms with E-state index in [1.165, 1.54) is 0 Å². The van der Waals surface area contributed by atoms with Gasteiger partial charge in [0, 0.05) is 12.1 Å². The van der Waals surface area contributed by atoms with Crippen LogP contribution in [0.4, 0.5) is 0 Å². The molecule has 2 rings (SSSR count). The van der Waals surface area contributed by atoms with E-state index >= 15 is 0 Å². The minimum absolute atomic E-state index is 0.203. The van der Waals surface area contributed by atoms with Crippen LogP contribution in [0.2, 0.25) is 0 Å². The zero-order chi connectivity index (χ0) is 14.4. The molecule has 5 nitrogen and oxygen atoms in total. The van der Waals surface area contributed by atoms with Crippen molar-refractivity contribution in [2.24, 2.45) is 5.73 Å². The van der Waals surface area contributed by atoms with E-state index in [4.69, 9.17) is 15.6 Å². The van der Waals surface area contributed by atoms with Crippen molar-refractivity contribution in [1.82, 2.24) is 4.98 Å². The Labute approximate surface area is 117 Å². The summed E-state index contributed by atoms with van der Waals surface area (Å²) in [7, 11) is 0. The molecule has 0 bridgehead atoms. The molecule has 0 aliphatic rings. The van der Waals surface area contributed by atoms with Crippen molar-refractivity contribution in [1.29, 1.82) is 0 Å². The zero-order valence-electron chi connectivity index (χ0n) is 10.9. The lowest BCUT2D eigenvalue weighted by atomic mass is 10.1. The first kappa shape index (κ1) is 14.0. The Bertz CT molecular complexity index is 555. The molecule has 0 saturated carbocycles. The third-order valence-corrected chi connectivity index (χ3v) is 2.79. The minimum Gasteiger partial charge on any atom is -0.487 e. The van der Waals surface area contributed by atoms with Gasteiger partial charge in [-0.25, -0.2) is 0 Å². The number of nitrogens with zero attached hydrogens (tertiary/aromatic N) is 1. The van der Waals surface area contributed by atoms with Gasteiger partial charge in [0.1, 0.15) is 18.4 Å². The van der Waals surface area contributed by atoms with Gasteiger partial charge in [0.15, 0.2) is 0 Å². The van der Waals surface area contributed by atoms with Crippen molar-refractivity contribution in [2.75, 3.05) is 0 Å². The molecule has 0 saturated heterocycles. The maximum Gasteiger partial charge on any atom is 0.320 e. The summed E-state index contributed by atoms with van der Waals surface area (Å²) in [6, 6.07) is 12.4. The largest absolute Gasteiger partial charge is 0.487 e. The summed E-state index contributed by atoms with van der Waals surface area (Å²) in [6.07, 6.45) is 1.78. The molecule has 0 spiro atoms. The smallest absolute Gasteiger partial charge is 0.320 e. The summed E-state index contributed by atoms with van der Waals surface area (Å²) in [5.74, 6) is -0.391. The van der Waals surface area contributed by atoms with Gasteiger partial charge in [0.05, 0.1) is 6.20 Å². The average molecular weight is 272 g/mol. The first-order valence-corrected chi connectivity index (χ1v) is 6.25. The molecule has 5 heteroatoms. The molecule has 1 aromatic heterocycles. The van der Waals surface area contributed by atoms with Crippen LogP contribution in [0.3, 0.4) is 0 Å². The molecule has 20 heavy (non-hydrogen) atoms. The quantitative estimate of drug-likeness (QED) is 0.834. The lowest BCUT2D eigenvalue weighted by Gasteiger charge is -2.08. The highest BCUT2D eigenvalue weighted by Gasteiger charge is 2.12. The van der Waals surface area contributed by atoms with Gasteiger partial charge in [-0.3, -0.25) is 9.78 Å². The van der Waals surface area contributed by atoms with Crippen LogP contribution in [-0.2, 0) is 17.8 Å². The molecule has 1 heterocycles. The first-order valence-electron chi connectivity index (χ1n) is 6.25. The normalized spacial score (nSPS) is 11.8. The highest BCUT2D eigenvalue weighted by Crippen LogP contribution is 2.12. The van der Waals surface area contributed by atoms with Gasteiger partial charge >= 0.3 is 5.97 Å².